The first-order valence-corrected chi connectivity index (χ1v) is 8.93. The molecule has 3 rings (SSSR count). The van der Waals surface area contributed by atoms with E-state index in [1.807, 2.05) is 0 Å². The predicted octanol–water partition coefficient (Wildman–Crippen LogP) is 2.94. The summed E-state index contributed by atoms with van der Waals surface area (Å²) in [5, 5.41) is 8.66. The first-order valence-electron chi connectivity index (χ1n) is 8.55. The lowest BCUT2D eigenvalue weighted by Gasteiger charge is -2.15. The molecule has 2 N–H and O–H groups in total. The van der Waals surface area contributed by atoms with Crippen molar-refractivity contribution in [3.8, 4) is 5.69 Å². The number of carbonyl (C=O) groups is 1. The number of hydrogen-bond donors (Lipinski definition) is 2. The molecule has 0 spiro atoms. The molecular weight excluding hydrogens is 446 g/mol. The number of amides is 1. The lowest BCUT2D eigenvalue weighted by atomic mass is 10.1. The summed E-state index contributed by atoms with van der Waals surface area (Å²) in [4.78, 5) is 37.2. The van der Waals surface area contributed by atoms with Crippen molar-refractivity contribution in [2.75, 3.05) is 5.32 Å². The van der Waals surface area contributed by atoms with E-state index < -0.39 is 40.5 Å². The summed E-state index contributed by atoms with van der Waals surface area (Å²) in [7, 11) is 0.794. The molecule has 13 heteroatoms. The number of benzene rings is 1. The molecule has 0 aliphatic rings. The van der Waals surface area contributed by atoms with Gasteiger partial charge in [-0.1, -0.05) is 11.6 Å². The molecule has 3 aromatic rings. The van der Waals surface area contributed by atoms with Crippen molar-refractivity contribution < 1.29 is 22.4 Å². The van der Waals surface area contributed by atoms with Gasteiger partial charge in [-0.05, 0) is 26.0 Å². The van der Waals surface area contributed by atoms with Crippen LogP contribution in [0.4, 0.5) is 23.2 Å². The number of H-pyrrole nitrogens is 1. The highest BCUT2D eigenvalue weighted by Gasteiger charge is 2.35. The van der Waals surface area contributed by atoms with Gasteiger partial charge in [0, 0.05) is 18.8 Å². The number of anilines is 1. The van der Waals surface area contributed by atoms with Crippen molar-refractivity contribution in [1.82, 2.24) is 19.3 Å². The quantitative estimate of drug-likeness (QED) is 0.588. The maximum Gasteiger partial charge on any atom is 0.431 e. The second-order valence-corrected chi connectivity index (χ2v) is 7.00. The number of halogens is 5. The normalized spacial score (nSPS) is 11.6. The Morgan fingerprint density at radius 1 is 1.19 bits per heavy atom. The minimum Gasteiger partial charge on any atom is -0.320 e. The first kappa shape index (κ1) is 22.3. The second kappa shape index (κ2) is 7.69. The van der Waals surface area contributed by atoms with Crippen molar-refractivity contribution >= 4 is 23.2 Å². The molecular formula is C18H14ClF4N5O3. The Kier molecular flexibility index (Phi) is 5.53. The minimum atomic E-state index is -4.97. The van der Waals surface area contributed by atoms with E-state index in [0.29, 0.717) is 11.4 Å². The molecule has 0 atom stereocenters. The van der Waals surface area contributed by atoms with E-state index in [1.54, 1.807) is 13.8 Å². The SMILES string of the molecule is Cc1n[nH]c(C)c1C(=O)Nc1cc(-n2c(=O)cc(C(F)(F)F)n(C)c2=O)c(F)cc1Cl. The van der Waals surface area contributed by atoms with Crippen molar-refractivity contribution in [3.63, 3.8) is 0 Å². The van der Waals surface area contributed by atoms with Gasteiger partial charge in [0.1, 0.15) is 11.5 Å². The van der Waals surface area contributed by atoms with Gasteiger partial charge < -0.3 is 5.32 Å². The van der Waals surface area contributed by atoms with E-state index >= 15 is 0 Å². The molecule has 0 fully saturated rings. The lowest BCUT2D eigenvalue weighted by molar-refractivity contribution is -0.144. The third-order valence-electron chi connectivity index (χ3n) is 4.49. The number of hydrogen-bond acceptors (Lipinski definition) is 4. The van der Waals surface area contributed by atoms with E-state index in [4.69, 9.17) is 11.6 Å². The highest BCUT2D eigenvalue weighted by atomic mass is 35.5. The van der Waals surface area contributed by atoms with Crippen LogP contribution in [0.3, 0.4) is 0 Å². The summed E-state index contributed by atoms with van der Waals surface area (Å²) in [5.74, 6) is -1.81. The molecule has 0 aliphatic carbocycles. The maximum absolute atomic E-state index is 14.5. The number of aromatic amines is 1. The van der Waals surface area contributed by atoms with Crippen LogP contribution in [-0.4, -0.2) is 25.2 Å². The van der Waals surface area contributed by atoms with Crippen LogP contribution in [0.25, 0.3) is 5.69 Å². The van der Waals surface area contributed by atoms with Gasteiger partial charge in [0.15, 0.2) is 0 Å². The number of nitrogens with zero attached hydrogens (tertiary/aromatic N) is 3. The van der Waals surface area contributed by atoms with Crippen molar-refractivity contribution in [1.29, 1.82) is 0 Å². The van der Waals surface area contributed by atoms with Crippen molar-refractivity contribution in [2.24, 2.45) is 7.05 Å². The number of carbonyl (C=O) groups excluding carboxylic acids is 1. The third kappa shape index (κ3) is 3.98. The van der Waals surface area contributed by atoms with E-state index in [2.05, 4.69) is 15.5 Å². The molecule has 0 saturated carbocycles. The minimum absolute atomic E-state index is 0.170. The first-order chi connectivity index (χ1) is 14.3. The van der Waals surface area contributed by atoms with Gasteiger partial charge in [0.05, 0.1) is 27.7 Å². The van der Waals surface area contributed by atoms with E-state index in [1.165, 1.54) is 0 Å². The van der Waals surface area contributed by atoms with Gasteiger partial charge in [0.25, 0.3) is 11.5 Å². The standard InChI is InChI=1S/C18H14ClF4N5O3/c1-7-15(8(2)26-25-7)16(30)24-11-5-12(10(20)4-9(11)19)28-14(29)6-13(18(21,22)23)27(3)17(28)31/h4-6H,1-3H3,(H,24,30)(H,25,26). The third-order valence-corrected chi connectivity index (χ3v) is 4.80. The number of alkyl halides is 3. The highest BCUT2D eigenvalue weighted by Crippen LogP contribution is 2.29. The van der Waals surface area contributed by atoms with E-state index in [9.17, 15) is 31.9 Å². The molecule has 0 bridgehead atoms. The van der Waals surface area contributed by atoms with Crippen LogP contribution < -0.4 is 16.6 Å². The van der Waals surface area contributed by atoms with Crippen LogP contribution in [0, 0.1) is 19.7 Å². The van der Waals surface area contributed by atoms with Crippen molar-refractivity contribution in [3.05, 3.63) is 72.5 Å². The van der Waals surface area contributed by atoms with Crippen LogP contribution >= 0.6 is 11.6 Å². The maximum atomic E-state index is 14.5. The number of aryl methyl sites for hydroxylation is 2. The smallest absolute Gasteiger partial charge is 0.320 e. The van der Waals surface area contributed by atoms with Crippen LogP contribution in [0.2, 0.25) is 5.02 Å². The summed E-state index contributed by atoms with van der Waals surface area (Å²) >= 11 is 5.97. The van der Waals surface area contributed by atoms with E-state index in [-0.39, 0.29) is 31.5 Å². The summed E-state index contributed by atoms with van der Waals surface area (Å²) in [6.45, 7) is 3.17. The average molecular weight is 460 g/mol. The summed E-state index contributed by atoms with van der Waals surface area (Å²) < 4.78 is 54.0. The Hall–Kier alpha value is -3.41. The molecule has 1 aromatic carbocycles. The molecule has 0 radical (unpaired) electrons. The van der Waals surface area contributed by atoms with Crippen LogP contribution in [0.5, 0.6) is 0 Å². The van der Waals surface area contributed by atoms with Gasteiger partial charge >= 0.3 is 11.9 Å². The van der Waals surface area contributed by atoms with Crippen LogP contribution in [-0.2, 0) is 13.2 Å². The number of aromatic nitrogens is 4. The van der Waals surface area contributed by atoms with Gasteiger partial charge in [-0.2, -0.15) is 18.3 Å². The highest BCUT2D eigenvalue weighted by molar-refractivity contribution is 6.34. The Balaban J connectivity index is 2.15. The largest absolute Gasteiger partial charge is 0.431 e. The average Bonchev–Trinajstić information content (AvgIpc) is 2.99. The Bertz CT molecular complexity index is 1300. The fourth-order valence-electron chi connectivity index (χ4n) is 2.99. The molecule has 2 heterocycles. The summed E-state index contributed by atoms with van der Waals surface area (Å²) in [6.07, 6.45) is -4.97. The zero-order valence-corrected chi connectivity index (χ0v) is 16.9. The second-order valence-electron chi connectivity index (χ2n) is 6.59. The fourth-order valence-corrected chi connectivity index (χ4v) is 3.19. The van der Waals surface area contributed by atoms with Crippen molar-refractivity contribution in [2.45, 2.75) is 20.0 Å². The zero-order valence-electron chi connectivity index (χ0n) is 16.2. The Morgan fingerprint density at radius 2 is 1.84 bits per heavy atom. The predicted molar refractivity (Wildman–Crippen MR) is 103 cm³/mol. The zero-order chi connectivity index (χ0) is 23.2. The van der Waals surface area contributed by atoms with E-state index in [0.717, 1.165) is 19.2 Å². The van der Waals surface area contributed by atoms with Crippen LogP contribution in [0.15, 0.2) is 27.8 Å². The summed E-state index contributed by atoms with van der Waals surface area (Å²) in [6, 6.07) is 1.79. The number of rotatable bonds is 3. The molecule has 164 valence electrons. The van der Waals surface area contributed by atoms with Gasteiger partial charge in [-0.25, -0.2) is 13.8 Å². The molecule has 0 aliphatic heterocycles. The van der Waals surface area contributed by atoms with Gasteiger partial charge in [-0.3, -0.25) is 19.3 Å². The molecule has 2 aromatic heterocycles. The fraction of sp³-hybridized carbons (Fsp3) is 0.222. The number of nitrogens with one attached hydrogen (secondary N) is 2. The van der Waals surface area contributed by atoms with Gasteiger partial charge in [-0.15, -0.1) is 0 Å². The topological polar surface area (TPSA) is 102 Å². The Morgan fingerprint density at radius 3 is 2.39 bits per heavy atom. The van der Waals surface area contributed by atoms with Gasteiger partial charge in [0.2, 0.25) is 0 Å². The summed E-state index contributed by atoms with van der Waals surface area (Å²) in [5.41, 5.74) is -4.16. The molecule has 8 nitrogen and oxygen atoms in total. The monoisotopic (exact) mass is 459 g/mol. The molecule has 31 heavy (non-hydrogen) atoms. The molecule has 0 unspecified atom stereocenters. The van der Waals surface area contributed by atoms with Crippen LogP contribution in [0.1, 0.15) is 27.4 Å². The molecule has 0 saturated heterocycles. The molecule has 1 amide bonds. The lowest BCUT2D eigenvalue weighted by Crippen LogP contribution is -2.41. The Labute approximate surface area is 176 Å².